The molecule has 0 aliphatic rings. The summed E-state index contributed by atoms with van der Waals surface area (Å²) >= 11 is 0. The summed E-state index contributed by atoms with van der Waals surface area (Å²) in [6.45, 7) is 2.03. The lowest BCUT2D eigenvalue weighted by atomic mass is 10.2. The van der Waals surface area contributed by atoms with E-state index in [0.29, 0.717) is 0 Å². The predicted octanol–water partition coefficient (Wildman–Crippen LogP) is 1.79. The molecule has 2 heterocycles. The smallest absolute Gasteiger partial charge is 0.0883 e. The maximum atomic E-state index is 4.32. The van der Waals surface area contributed by atoms with E-state index in [0.717, 1.165) is 11.4 Å². The number of rotatable bonds is 1. The standard InChI is InChI=1S/C10H11N3/c1-8-3-4-9(11-7-8)10-5-6-12-13(10)2/h3-7H,1-2H3. The van der Waals surface area contributed by atoms with Gasteiger partial charge in [0.2, 0.25) is 0 Å². The van der Waals surface area contributed by atoms with E-state index in [2.05, 4.69) is 16.1 Å². The Kier molecular flexibility index (Phi) is 1.85. The van der Waals surface area contributed by atoms with E-state index in [1.165, 1.54) is 5.56 Å². The number of hydrogen-bond acceptors (Lipinski definition) is 2. The Hall–Kier alpha value is -1.64. The van der Waals surface area contributed by atoms with Crippen molar-refractivity contribution in [2.75, 3.05) is 0 Å². The van der Waals surface area contributed by atoms with E-state index in [1.807, 2.05) is 37.0 Å². The second-order valence-electron chi connectivity index (χ2n) is 3.06. The van der Waals surface area contributed by atoms with Gasteiger partial charge in [-0.2, -0.15) is 5.10 Å². The number of hydrogen-bond donors (Lipinski definition) is 0. The van der Waals surface area contributed by atoms with Crippen molar-refractivity contribution in [2.24, 2.45) is 7.05 Å². The third-order valence-electron chi connectivity index (χ3n) is 1.99. The van der Waals surface area contributed by atoms with Crippen molar-refractivity contribution in [3.05, 3.63) is 36.2 Å². The molecule has 0 saturated carbocycles. The van der Waals surface area contributed by atoms with Crippen molar-refractivity contribution in [3.63, 3.8) is 0 Å². The van der Waals surface area contributed by atoms with E-state index < -0.39 is 0 Å². The van der Waals surface area contributed by atoms with Crippen LogP contribution in [0.15, 0.2) is 30.6 Å². The fourth-order valence-electron chi connectivity index (χ4n) is 1.24. The highest BCUT2D eigenvalue weighted by atomic mass is 15.3. The van der Waals surface area contributed by atoms with Crippen LogP contribution in [0, 0.1) is 6.92 Å². The maximum Gasteiger partial charge on any atom is 0.0883 e. The molecule has 0 bridgehead atoms. The Morgan fingerprint density at radius 3 is 2.62 bits per heavy atom. The van der Waals surface area contributed by atoms with Gasteiger partial charge in [0.1, 0.15) is 0 Å². The van der Waals surface area contributed by atoms with Crippen LogP contribution in [0.2, 0.25) is 0 Å². The van der Waals surface area contributed by atoms with E-state index in [1.54, 1.807) is 6.20 Å². The van der Waals surface area contributed by atoms with Crippen molar-refractivity contribution in [3.8, 4) is 11.4 Å². The molecule has 0 spiro atoms. The lowest BCUT2D eigenvalue weighted by molar-refractivity contribution is 0.773. The molecule has 0 radical (unpaired) electrons. The predicted molar refractivity (Wildman–Crippen MR) is 51.2 cm³/mol. The molecule has 3 heteroatoms. The highest BCUT2D eigenvalue weighted by molar-refractivity contribution is 5.53. The largest absolute Gasteiger partial charge is 0.266 e. The first-order valence-corrected chi connectivity index (χ1v) is 4.18. The van der Waals surface area contributed by atoms with E-state index in [4.69, 9.17) is 0 Å². The van der Waals surface area contributed by atoms with Crippen molar-refractivity contribution < 1.29 is 0 Å². The lowest BCUT2D eigenvalue weighted by Gasteiger charge is -2.00. The molecule has 0 aromatic carbocycles. The minimum Gasteiger partial charge on any atom is -0.266 e. The van der Waals surface area contributed by atoms with Gasteiger partial charge in [0.25, 0.3) is 0 Å². The molecule has 3 nitrogen and oxygen atoms in total. The molecular formula is C10H11N3. The third-order valence-corrected chi connectivity index (χ3v) is 1.99. The van der Waals surface area contributed by atoms with Crippen LogP contribution >= 0.6 is 0 Å². The van der Waals surface area contributed by atoms with Crippen LogP contribution in [-0.2, 0) is 7.05 Å². The van der Waals surface area contributed by atoms with Crippen LogP contribution in [0.1, 0.15) is 5.56 Å². The highest BCUT2D eigenvalue weighted by Gasteiger charge is 2.01. The quantitative estimate of drug-likeness (QED) is 0.658. The van der Waals surface area contributed by atoms with Gasteiger partial charge < -0.3 is 0 Å². The van der Waals surface area contributed by atoms with Gasteiger partial charge in [0.15, 0.2) is 0 Å². The maximum absolute atomic E-state index is 4.32. The second kappa shape index (κ2) is 3.01. The Balaban J connectivity index is 2.47. The topological polar surface area (TPSA) is 30.7 Å². The highest BCUT2D eigenvalue weighted by Crippen LogP contribution is 2.14. The van der Waals surface area contributed by atoms with Gasteiger partial charge in [0, 0.05) is 19.4 Å². The average molecular weight is 173 g/mol. The first-order chi connectivity index (χ1) is 6.27. The van der Waals surface area contributed by atoms with E-state index in [9.17, 15) is 0 Å². The van der Waals surface area contributed by atoms with Gasteiger partial charge >= 0.3 is 0 Å². The third kappa shape index (κ3) is 1.45. The summed E-state index contributed by atoms with van der Waals surface area (Å²) in [6, 6.07) is 6.01. The minimum absolute atomic E-state index is 0.964. The van der Waals surface area contributed by atoms with Gasteiger partial charge in [-0.05, 0) is 24.6 Å². The molecule has 2 rings (SSSR count). The zero-order valence-electron chi connectivity index (χ0n) is 7.73. The van der Waals surface area contributed by atoms with Crippen molar-refractivity contribution >= 4 is 0 Å². The van der Waals surface area contributed by atoms with Crippen LogP contribution in [0.5, 0.6) is 0 Å². The fraction of sp³-hybridized carbons (Fsp3) is 0.200. The number of nitrogens with zero attached hydrogens (tertiary/aromatic N) is 3. The first kappa shape index (κ1) is 7.98. The zero-order valence-corrected chi connectivity index (χ0v) is 7.73. The summed E-state index contributed by atoms with van der Waals surface area (Å²) in [4.78, 5) is 4.32. The Labute approximate surface area is 77.0 Å². The van der Waals surface area contributed by atoms with E-state index in [-0.39, 0.29) is 0 Å². The van der Waals surface area contributed by atoms with Crippen molar-refractivity contribution in [1.82, 2.24) is 14.8 Å². The molecule has 66 valence electrons. The molecule has 13 heavy (non-hydrogen) atoms. The Morgan fingerprint density at radius 1 is 1.23 bits per heavy atom. The average Bonchev–Trinajstić information content (AvgIpc) is 2.53. The molecule has 0 atom stereocenters. The van der Waals surface area contributed by atoms with Crippen LogP contribution in [0.3, 0.4) is 0 Å². The summed E-state index contributed by atoms with van der Waals surface area (Å²) in [6.07, 6.45) is 3.64. The lowest BCUT2D eigenvalue weighted by Crippen LogP contribution is -1.94. The SMILES string of the molecule is Cc1ccc(-c2ccnn2C)nc1. The summed E-state index contributed by atoms with van der Waals surface area (Å²) < 4.78 is 1.82. The van der Waals surface area contributed by atoms with E-state index >= 15 is 0 Å². The molecule has 0 N–H and O–H groups in total. The molecule has 0 aliphatic heterocycles. The normalized spacial score (nSPS) is 10.3. The molecule has 2 aromatic heterocycles. The fourth-order valence-corrected chi connectivity index (χ4v) is 1.24. The zero-order chi connectivity index (χ0) is 9.26. The van der Waals surface area contributed by atoms with Crippen LogP contribution in [0.25, 0.3) is 11.4 Å². The monoisotopic (exact) mass is 173 g/mol. The van der Waals surface area contributed by atoms with Gasteiger partial charge in [-0.3, -0.25) is 9.67 Å². The van der Waals surface area contributed by atoms with Crippen molar-refractivity contribution in [1.29, 1.82) is 0 Å². The van der Waals surface area contributed by atoms with Crippen LogP contribution in [0.4, 0.5) is 0 Å². The summed E-state index contributed by atoms with van der Waals surface area (Å²) in [5.74, 6) is 0. The summed E-state index contributed by atoms with van der Waals surface area (Å²) in [7, 11) is 1.91. The summed E-state index contributed by atoms with van der Waals surface area (Å²) in [5.41, 5.74) is 3.18. The Bertz CT molecular complexity index is 400. The summed E-state index contributed by atoms with van der Waals surface area (Å²) in [5, 5.41) is 4.09. The molecule has 0 aliphatic carbocycles. The first-order valence-electron chi connectivity index (χ1n) is 4.18. The molecule has 0 fully saturated rings. The Morgan fingerprint density at radius 2 is 2.08 bits per heavy atom. The number of aromatic nitrogens is 3. The molecule has 2 aromatic rings. The van der Waals surface area contributed by atoms with Crippen molar-refractivity contribution in [2.45, 2.75) is 6.92 Å². The van der Waals surface area contributed by atoms with Crippen LogP contribution in [-0.4, -0.2) is 14.8 Å². The van der Waals surface area contributed by atoms with Gasteiger partial charge in [0.05, 0.1) is 11.4 Å². The second-order valence-corrected chi connectivity index (χ2v) is 3.06. The molecule has 0 saturated heterocycles. The van der Waals surface area contributed by atoms with Crippen LogP contribution < -0.4 is 0 Å². The number of pyridine rings is 1. The molecule has 0 amide bonds. The van der Waals surface area contributed by atoms with Gasteiger partial charge in [-0.15, -0.1) is 0 Å². The van der Waals surface area contributed by atoms with Gasteiger partial charge in [-0.1, -0.05) is 6.07 Å². The molecule has 0 unspecified atom stereocenters. The minimum atomic E-state index is 0.964. The molecular weight excluding hydrogens is 162 g/mol. The number of aryl methyl sites for hydroxylation is 2. The van der Waals surface area contributed by atoms with Gasteiger partial charge in [-0.25, -0.2) is 0 Å².